The standard InChI is InChI=1S/C16H12ClFO3/c1-20-9-5-6-14-11(7-9)13(19)8-15(21-14)10-3-2-4-12(17)16(10)18/h2-7,15H,8H2,1H3. The molecule has 0 radical (unpaired) electrons. The Kier molecular flexibility index (Phi) is 3.55. The lowest BCUT2D eigenvalue weighted by atomic mass is 9.96. The van der Waals surface area contributed by atoms with Crippen LogP contribution < -0.4 is 9.47 Å². The van der Waals surface area contributed by atoms with Crippen molar-refractivity contribution in [3.05, 3.63) is 58.4 Å². The molecule has 1 heterocycles. The Balaban J connectivity index is 1.99. The number of hydrogen-bond donors (Lipinski definition) is 0. The number of carbonyl (C=O) groups is 1. The number of rotatable bonds is 2. The van der Waals surface area contributed by atoms with E-state index in [4.69, 9.17) is 21.1 Å². The minimum absolute atomic E-state index is 0.0177. The van der Waals surface area contributed by atoms with Crippen LogP contribution in [0.3, 0.4) is 0 Å². The highest BCUT2D eigenvalue weighted by molar-refractivity contribution is 6.30. The quantitative estimate of drug-likeness (QED) is 0.834. The lowest BCUT2D eigenvalue weighted by molar-refractivity contribution is 0.0845. The summed E-state index contributed by atoms with van der Waals surface area (Å²) in [5, 5.41) is 0.0177. The molecule has 1 aliphatic heterocycles. The van der Waals surface area contributed by atoms with Crippen molar-refractivity contribution in [1.29, 1.82) is 0 Å². The third-order valence-corrected chi connectivity index (χ3v) is 3.75. The first-order valence-electron chi connectivity index (χ1n) is 6.42. The molecule has 0 saturated carbocycles. The van der Waals surface area contributed by atoms with E-state index in [1.807, 2.05) is 0 Å². The number of methoxy groups -OCH3 is 1. The Hall–Kier alpha value is -2.07. The largest absolute Gasteiger partial charge is 0.497 e. The van der Waals surface area contributed by atoms with Gasteiger partial charge in [0.1, 0.15) is 23.4 Å². The molecule has 1 atom stereocenters. The van der Waals surface area contributed by atoms with Crippen LogP contribution in [0.4, 0.5) is 4.39 Å². The zero-order chi connectivity index (χ0) is 15.0. The van der Waals surface area contributed by atoms with Gasteiger partial charge in [0.2, 0.25) is 0 Å². The molecule has 0 fully saturated rings. The number of benzene rings is 2. The fourth-order valence-corrected chi connectivity index (χ4v) is 2.55. The molecule has 0 N–H and O–H groups in total. The van der Waals surface area contributed by atoms with Crippen molar-refractivity contribution in [3.8, 4) is 11.5 Å². The Morgan fingerprint density at radius 1 is 1.33 bits per heavy atom. The van der Waals surface area contributed by atoms with Crippen LogP contribution in [0.1, 0.15) is 28.4 Å². The van der Waals surface area contributed by atoms with E-state index in [2.05, 4.69) is 0 Å². The van der Waals surface area contributed by atoms with Crippen molar-refractivity contribution in [2.75, 3.05) is 7.11 Å². The Morgan fingerprint density at radius 2 is 2.14 bits per heavy atom. The first-order chi connectivity index (χ1) is 10.1. The zero-order valence-corrected chi connectivity index (χ0v) is 12.0. The Bertz CT molecular complexity index is 715. The number of ether oxygens (including phenoxy) is 2. The van der Waals surface area contributed by atoms with Gasteiger partial charge in [0.15, 0.2) is 5.78 Å². The van der Waals surface area contributed by atoms with E-state index < -0.39 is 11.9 Å². The van der Waals surface area contributed by atoms with E-state index in [0.29, 0.717) is 17.1 Å². The van der Waals surface area contributed by atoms with E-state index in [1.165, 1.54) is 13.2 Å². The predicted octanol–water partition coefficient (Wildman–Crippen LogP) is 4.19. The molecule has 1 unspecified atom stereocenters. The fraction of sp³-hybridized carbons (Fsp3) is 0.188. The summed E-state index contributed by atoms with van der Waals surface area (Å²) in [6.07, 6.45) is -0.602. The topological polar surface area (TPSA) is 35.5 Å². The Morgan fingerprint density at radius 3 is 2.90 bits per heavy atom. The van der Waals surface area contributed by atoms with Gasteiger partial charge in [-0.2, -0.15) is 0 Å². The average molecular weight is 307 g/mol. The molecule has 1 aliphatic rings. The first kappa shape index (κ1) is 13.9. The van der Waals surface area contributed by atoms with Crippen LogP contribution in [-0.4, -0.2) is 12.9 Å². The molecule has 0 bridgehead atoms. The van der Waals surface area contributed by atoms with E-state index in [9.17, 15) is 9.18 Å². The van der Waals surface area contributed by atoms with Crippen LogP contribution in [0, 0.1) is 5.82 Å². The van der Waals surface area contributed by atoms with E-state index in [0.717, 1.165) is 0 Å². The zero-order valence-electron chi connectivity index (χ0n) is 11.2. The van der Waals surface area contributed by atoms with Gasteiger partial charge in [0.05, 0.1) is 24.1 Å². The molecule has 0 saturated heterocycles. The number of halogens is 2. The molecule has 0 aromatic heterocycles. The second-order valence-electron chi connectivity index (χ2n) is 4.74. The number of ketones is 1. The lowest BCUT2D eigenvalue weighted by Gasteiger charge is -2.26. The maximum Gasteiger partial charge on any atom is 0.170 e. The van der Waals surface area contributed by atoms with Crippen LogP contribution in [0.15, 0.2) is 36.4 Å². The summed E-state index contributed by atoms with van der Waals surface area (Å²) in [6.45, 7) is 0. The van der Waals surface area contributed by atoms with E-state index >= 15 is 0 Å². The van der Waals surface area contributed by atoms with Gasteiger partial charge in [-0.1, -0.05) is 23.7 Å². The van der Waals surface area contributed by atoms with Gasteiger partial charge >= 0.3 is 0 Å². The van der Waals surface area contributed by atoms with Crippen molar-refractivity contribution >= 4 is 17.4 Å². The summed E-state index contributed by atoms with van der Waals surface area (Å²) in [5.74, 6) is 0.350. The van der Waals surface area contributed by atoms with Gasteiger partial charge in [-0.25, -0.2) is 4.39 Å². The van der Waals surface area contributed by atoms with Crippen LogP contribution in [0.5, 0.6) is 11.5 Å². The second kappa shape index (κ2) is 5.37. The van der Waals surface area contributed by atoms with Gasteiger partial charge in [0, 0.05) is 5.56 Å². The van der Waals surface area contributed by atoms with E-state index in [-0.39, 0.29) is 22.8 Å². The molecule has 2 aromatic carbocycles. The number of Topliss-reactive ketones (excluding diaryl/α,β-unsaturated/α-hetero) is 1. The fourth-order valence-electron chi connectivity index (χ4n) is 2.37. The minimum atomic E-state index is -0.669. The molecule has 2 aromatic rings. The molecule has 3 nitrogen and oxygen atoms in total. The predicted molar refractivity (Wildman–Crippen MR) is 76.7 cm³/mol. The highest BCUT2D eigenvalue weighted by atomic mass is 35.5. The van der Waals surface area contributed by atoms with Crippen LogP contribution >= 0.6 is 11.6 Å². The maximum absolute atomic E-state index is 14.1. The van der Waals surface area contributed by atoms with Gasteiger partial charge in [-0.05, 0) is 24.3 Å². The summed E-state index contributed by atoms with van der Waals surface area (Å²) in [4.78, 5) is 12.2. The molecule has 108 valence electrons. The summed E-state index contributed by atoms with van der Waals surface area (Å²) in [5.41, 5.74) is 0.741. The average Bonchev–Trinajstić information content (AvgIpc) is 2.49. The molecule has 5 heteroatoms. The van der Waals surface area contributed by atoms with Crippen molar-refractivity contribution in [2.24, 2.45) is 0 Å². The van der Waals surface area contributed by atoms with Gasteiger partial charge in [0.25, 0.3) is 0 Å². The molecule has 0 aliphatic carbocycles. The maximum atomic E-state index is 14.1. The molecule has 3 rings (SSSR count). The third kappa shape index (κ3) is 2.47. The van der Waals surface area contributed by atoms with Gasteiger partial charge in [-0.15, -0.1) is 0 Å². The second-order valence-corrected chi connectivity index (χ2v) is 5.15. The van der Waals surface area contributed by atoms with Crippen molar-refractivity contribution in [3.63, 3.8) is 0 Å². The monoisotopic (exact) mass is 306 g/mol. The van der Waals surface area contributed by atoms with Gasteiger partial charge in [-0.3, -0.25) is 4.79 Å². The lowest BCUT2D eigenvalue weighted by Crippen LogP contribution is -2.21. The minimum Gasteiger partial charge on any atom is -0.497 e. The number of fused-ring (bicyclic) bond motifs is 1. The van der Waals surface area contributed by atoms with Crippen molar-refractivity contribution < 1.29 is 18.7 Å². The van der Waals surface area contributed by atoms with Crippen molar-refractivity contribution in [2.45, 2.75) is 12.5 Å². The SMILES string of the molecule is COc1ccc2c(c1)C(=O)CC(c1cccc(Cl)c1F)O2. The summed E-state index contributed by atoms with van der Waals surface area (Å²) in [6, 6.07) is 9.65. The van der Waals surface area contributed by atoms with Crippen LogP contribution in [-0.2, 0) is 0 Å². The third-order valence-electron chi connectivity index (χ3n) is 3.46. The molecular weight excluding hydrogens is 295 g/mol. The highest BCUT2D eigenvalue weighted by Crippen LogP contribution is 2.38. The van der Waals surface area contributed by atoms with Crippen molar-refractivity contribution in [1.82, 2.24) is 0 Å². The molecular formula is C16H12ClFO3. The van der Waals surface area contributed by atoms with Crippen LogP contribution in [0.2, 0.25) is 5.02 Å². The molecule has 0 spiro atoms. The molecule has 21 heavy (non-hydrogen) atoms. The summed E-state index contributed by atoms with van der Waals surface area (Å²) < 4.78 is 24.9. The number of carbonyl (C=O) groups excluding carboxylic acids is 1. The first-order valence-corrected chi connectivity index (χ1v) is 6.79. The molecule has 0 amide bonds. The van der Waals surface area contributed by atoms with E-state index in [1.54, 1.807) is 30.3 Å². The Labute approximate surface area is 126 Å². The normalized spacial score (nSPS) is 17.1. The highest BCUT2D eigenvalue weighted by Gasteiger charge is 2.30. The summed E-state index contributed by atoms with van der Waals surface area (Å²) in [7, 11) is 1.53. The smallest absolute Gasteiger partial charge is 0.170 e. The summed E-state index contributed by atoms with van der Waals surface area (Å²) >= 11 is 5.78. The number of hydrogen-bond acceptors (Lipinski definition) is 3. The van der Waals surface area contributed by atoms with Crippen LogP contribution in [0.25, 0.3) is 0 Å². The van der Waals surface area contributed by atoms with Gasteiger partial charge < -0.3 is 9.47 Å².